The molecule has 1 unspecified atom stereocenters. The maximum absolute atomic E-state index is 12.5. The van der Waals surface area contributed by atoms with Crippen molar-refractivity contribution in [3.8, 4) is 5.75 Å². The van der Waals surface area contributed by atoms with Crippen LogP contribution in [0, 0.1) is 0 Å². The van der Waals surface area contributed by atoms with Crippen molar-refractivity contribution in [2.75, 3.05) is 30.4 Å². The molecule has 3 rings (SSSR count). The molecule has 3 N–H and O–H groups in total. The molecule has 1 fully saturated rings. The lowest BCUT2D eigenvalue weighted by molar-refractivity contribution is -0.124. The number of rotatable bonds is 8. The van der Waals surface area contributed by atoms with Gasteiger partial charge in [0.25, 0.3) is 17.7 Å². The number of amides is 3. The molecular weight excluding hydrogens is 386 g/mol. The Morgan fingerprint density at radius 3 is 2.57 bits per heavy atom. The van der Waals surface area contributed by atoms with Crippen molar-refractivity contribution in [2.24, 2.45) is 0 Å². The summed E-state index contributed by atoms with van der Waals surface area (Å²) < 4.78 is 10.8. The van der Waals surface area contributed by atoms with E-state index in [1.54, 1.807) is 48.5 Å². The van der Waals surface area contributed by atoms with Crippen molar-refractivity contribution in [1.29, 1.82) is 0 Å². The fourth-order valence-electron chi connectivity index (χ4n) is 2.98. The minimum atomic E-state index is -0.434. The van der Waals surface area contributed by atoms with Gasteiger partial charge in [0.1, 0.15) is 11.9 Å². The van der Waals surface area contributed by atoms with Gasteiger partial charge < -0.3 is 25.4 Å². The van der Waals surface area contributed by atoms with Crippen LogP contribution in [0.5, 0.6) is 5.75 Å². The smallest absolute Gasteiger partial charge is 0.257 e. The van der Waals surface area contributed by atoms with E-state index < -0.39 is 6.10 Å². The number of carbonyl (C=O) groups is 3. The third-order valence-corrected chi connectivity index (χ3v) is 4.47. The number of anilines is 2. The van der Waals surface area contributed by atoms with Crippen LogP contribution in [0.3, 0.4) is 0 Å². The average molecular weight is 411 g/mol. The highest BCUT2D eigenvalue weighted by Crippen LogP contribution is 2.19. The van der Waals surface area contributed by atoms with Crippen LogP contribution in [0.1, 0.15) is 30.1 Å². The van der Waals surface area contributed by atoms with Crippen molar-refractivity contribution >= 4 is 29.1 Å². The maximum atomic E-state index is 12.5. The molecule has 1 atom stereocenters. The fourth-order valence-corrected chi connectivity index (χ4v) is 2.98. The van der Waals surface area contributed by atoms with Gasteiger partial charge in [0.2, 0.25) is 0 Å². The quantitative estimate of drug-likeness (QED) is 0.619. The third-order valence-electron chi connectivity index (χ3n) is 4.47. The van der Waals surface area contributed by atoms with Crippen LogP contribution in [0.4, 0.5) is 11.4 Å². The number of likely N-dealkylation sites (N-methyl/N-ethyl adjacent to an activating group) is 1. The van der Waals surface area contributed by atoms with Gasteiger partial charge in [-0.2, -0.15) is 0 Å². The van der Waals surface area contributed by atoms with Gasteiger partial charge in [-0.15, -0.1) is 0 Å². The van der Waals surface area contributed by atoms with Crippen molar-refractivity contribution in [2.45, 2.75) is 25.9 Å². The van der Waals surface area contributed by atoms with Crippen LogP contribution in [0.25, 0.3) is 0 Å². The zero-order chi connectivity index (χ0) is 21.3. The second kappa shape index (κ2) is 10.4. The summed E-state index contributed by atoms with van der Waals surface area (Å²) in [5.41, 5.74) is 1.54. The summed E-state index contributed by atoms with van der Waals surface area (Å²) in [6, 6.07) is 13.4. The number of ether oxygens (including phenoxy) is 2. The lowest BCUT2D eigenvalue weighted by Gasteiger charge is -2.12. The highest BCUT2D eigenvalue weighted by Gasteiger charge is 2.23. The summed E-state index contributed by atoms with van der Waals surface area (Å²) in [4.78, 5) is 36.2. The van der Waals surface area contributed by atoms with Crippen molar-refractivity contribution in [3.05, 3.63) is 54.1 Å². The van der Waals surface area contributed by atoms with E-state index >= 15 is 0 Å². The van der Waals surface area contributed by atoms with E-state index in [1.165, 1.54) is 0 Å². The topological polar surface area (TPSA) is 106 Å². The first kappa shape index (κ1) is 21.3. The van der Waals surface area contributed by atoms with Crippen molar-refractivity contribution in [3.63, 3.8) is 0 Å². The number of hydrogen-bond acceptors (Lipinski definition) is 5. The van der Waals surface area contributed by atoms with Gasteiger partial charge in [-0.05, 0) is 62.2 Å². The Hall–Kier alpha value is -3.39. The summed E-state index contributed by atoms with van der Waals surface area (Å²) in [6.07, 6.45) is 1.14. The average Bonchev–Trinajstić information content (AvgIpc) is 3.29. The summed E-state index contributed by atoms with van der Waals surface area (Å²) in [7, 11) is 0. The zero-order valence-electron chi connectivity index (χ0n) is 16.8. The van der Waals surface area contributed by atoms with Gasteiger partial charge in [0, 0.05) is 30.1 Å². The first-order valence-electron chi connectivity index (χ1n) is 9.88. The van der Waals surface area contributed by atoms with E-state index in [4.69, 9.17) is 9.47 Å². The highest BCUT2D eigenvalue weighted by atomic mass is 16.5. The van der Waals surface area contributed by atoms with Crippen LogP contribution in [0.15, 0.2) is 48.5 Å². The van der Waals surface area contributed by atoms with E-state index in [2.05, 4.69) is 16.0 Å². The second-order valence-electron chi connectivity index (χ2n) is 6.79. The van der Waals surface area contributed by atoms with E-state index in [9.17, 15) is 14.4 Å². The molecule has 8 nitrogen and oxygen atoms in total. The molecule has 1 aliphatic rings. The van der Waals surface area contributed by atoms with Crippen LogP contribution in [-0.4, -0.2) is 43.6 Å². The molecule has 8 heteroatoms. The molecule has 158 valence electrons. The number of nitrogens with one attached hydrogen (secondary N) is 3. The van der Waals surface area contributed by atoms with Crippen LogP contribution in [0.2, 0.25) is 0 Å². The van der Waals surface area contributed by atoms with Crippen molar-refractivity contribution in [1.82, 2.24) is 5.32 Å². The predicted molar refractivity (Wildman–Crippen MR) is 113 cm³/mol. The maximum Gasteiger partial charge on any atom is 0.257 e. The van der Waals surface area contributed by atoms with E-state index in [0.717, 1.165) is 6.42 Å². The SMILES string of the molecule is CCNC(=O)COc1ccc(NC(=O)c2cccc(NC(=O)C3CCCO3)c2)cc1. The second-order valence-corrected chi connectivity index (χ2v) is 6.79. The van der Waals surface area contributed by atoms with Crippen LogP contribution < -0.4 is 20.7 Å². The van der Waals surface area contributed by atoms with Crippen molar-refractivity contribution < 1.29 is 23.9 Å². The Morgan fingerprint density at radius 1 is 1.07 bits per heavy atom. The Kier molecular flexibility index (Phi) is 7.40. The predicted octanol–water partition coefficient (Wildman–Crippen LogP) is 2.57. The van der Waals surface area contributed by atoms with Crippen LogP contribution >= 0.6 is 0 Å². The normalized spacial score (nSPS) is 15.3. The molecule has 1 aliphatic heterocycles. The lowest BCUT2D eigenvalue weighted by atomic mass is 10.1. The molecule has 0 bridgehead atoms. The number of carbonyl (C=O) groups excluding carboxylic acids is 3. The van der Waals surface area contributed by atoms with Gasteiger partial charge in [-0.3, -0.25) is 14.4 Å². The Labute approximate surface area is 174 Å². The van der Waals surface area contributed by atoms with Gasteiger partial charge >= 0.3 is 0 Å². The summed E-state index contributed by atoms with van der Waals surface area (Å²) in [6.45, 7) is 2.91. The molecule has 0 spiro atoms. The first-order valence-corrected chi connectivity index (χ1v) is 9.88. The lowest BCUT2D eigenvalue weighted by Crippen LogP contribution is -2.28. The molecule has 2 aromatic rings. The number of benzene rings is 2. The molecule has 30 heavy (non-hydrogen) atoms. The van der Waals surface area contributed by atoms with Gasteiger partial charge in [0.05, 0.1) is 0 Å². The molecule has 0 radical (unpaired) electrons. The van der Waals surface area contributed by atoms with E-state index in [1.807, 2.05) is 6.92 Å². The fraction of sp³-hybridized carbons (Fsp3) is 0.318. The summed E-state index contributed by atoms with van der Waals surface area (Å²) in [5, 5.41) is 8.23. The van der Waals surface area contributed by atoms with E-state index in [0.29, 0.717) is 42.3 Å². The standard InChI is InChI=1S/C22H25N3O5/c1-2-23-20(26)14-30-18-10-8-16(9-11-18)24-21(27)15-5-3-6-17(13-15)25-22(28)19-7-4-12-29-19/h3,5-6,8-11,13,19H,2,4,7,12,14H2,1H3,(H,23,26)(H,24,27)(H,25,28). The Bertz CT molecular complexity index is 892. The zero-order valence-corrected chi connectivity index (χ0v) is 16.8. The minimum Gasteiger partial charge on any atom is -0.484 e. The molecule has 0 saturated carbocycles. The first-order chi connectivity index (χ1) is 14.5. The van der Waals surface area contributed by atoms with Gasteiger partial charge in [-0.1, -0.05) is 6.07 Å². The van der Waals surface area contributed by atoms with Gasteiger partial charge in [-0.25, -0.2) is 0 Å². The molecule has 0 aliphatic carbocycles. The molecule has 1 heterocycles. The monoisotopic (exact) mass is 411 g/mol. The third kappa shape index (κ3) is 6.05. The Balaban J connectivity index is 1.55. The summed E-state index contributed by atoms with van der Waals surface area (Å²) >= 11 is 0. The molecule has 2 aromatic carbocycles. The van der Waals surface area contributed by atoms with Crippen LogP contribution in [-0.2, 0) is 14.3 Å². The number of hydrogen-bond donors (Lipinski definition) is 3. The Morgan fingerprint density at radius 2 is 1.87 bits per heavy atom. The molecular formula is C22H25N3O5. The molecule has 1 saturated heterocycles. The largest absolute Gasteiger partial charge is 0.484 e. The molecule has 3 amide bonds. The highest BCUT2D eigenvalue weighted by molar-refractivity contribution is 6.05. The van der Waals surface area contributed by atoms with E-state index in [-0.39, 0.29) is 24.3 Å². The summed E-state index contributed by atoms with van der Waals surface area (Å²) in [5.74, 6) is -0.174. The van der Waals surface area contributed by atoms with Gasteiger partial charge in [0.15, 0.2) is 6.61 Å². The minimum absolute atomic E-state index is 0.0655. The molecule has 0 aromatic heterocycles.